The van der Waals surface area contributed by atoms with E-state index in [0.717, 1.165) is 25.8 Å². The monoisotopic (exact) mass is 332 g/mol. The fraction of sp³-hybridized carbons (Fsp3) is 0.556. The first-order valence-electron chi connectivity index (χ1n) is 8.74. The van der Waals surface area contributed by atoms with Crippen LogP contribution in [0.5, 0.6) is 0 Å². The van der Waals surface area contributed by atoms with E-state index >= 15 is 0 Å². The van der Waals surface area contributed by atoms with Gasteiger partial charge in [-0.3, -0.25) is 19.9 Å². The number of nitrogens with one attached hydrogen (secondary N) is 2. The maximum absolute atomic E-state index is 11.9. The van der Waals surface area contributed by atoms with Gasteiger partial charge in [-0.05, 0) is 42.5 Å². The van der Waals surface area contributed by atoms with Crippen molar-refractivity contribution >= 4 is 23.0 Å². The van der Waals surface area contributed by atoms with E-state index in [1.54, 1.807) is 11.9 Å². The molecule has 0 radical (unpaired) electrons. The molecular formula is C18H28N4O2. The summed E-state index contributed by atoms with van der Waals surface area (Å²) in [6, 6.07) is 4.20. The van der Waals surface area contributed by atoms with Crippen molar-refractivity contribution < 1.29 is 9.59 Å². The number of hydrogen-bond donors (Lipinski definition) is 2. The van der Waals surface area contributed by atoms with Crippen molar-refractivity contribution in [1.29, 1.82) is 0 Å². The summed E-state index contributed by atoms with van der Waals surface area (Å²) in [5.41, 5.74) is 5.00. The molecule has 1 aliphatic rings. The topological polar surface area (TPSA) is 70.1 Å². The van der Waals surface area contributed by atoms with Gasteiger partial charge in [0, 0.05) is 26.6 Å². The zero-order valence-electron chi connectivity index (χ0n) is 15.3. The van der Waals surface area contributed by atoms with Crippen LogP contribution in [-0.2, 0) is 24.2 Å². The highest BCUT2D eigenvalue weighted by Gasteiger charge is 2.29. The zero-order valence-corrected chi connectivity index (χ0v) is 15.3. The fourth-order valence-electron chi connectivity index (χ4n) is 3.18. The second-order valence-electron chi connectivity index (χ2n) is 6.06. The van der Waals surface area contributed by atoms with E-state index in [1.165, 1.54) is 29.1 Å². The number of likely N-dealkylation sites (N-methyl/N-ethyl adjacent to an activating group) is 1. The normalized spacial score (nSPS) is 15.6. The van der Waals surface area contributed by atoms with Crippen molar-refractivity contribution in [2.75, 3.05) is 7.05 Å². The molecule has 0 bridgehead atoms. The number of amides is 3. The molecule has 6 nitrogen and oxygen atoms in total. The molecule has 3 rings (SSSR count). The number of aromatic nitrogens is 2. The highest BCUT2D eigenvalue weighted by molar-refractivity contribution is 5.93. The lowest BCUT2D eigenvalue weighted by Gasteiger charge is -2.23. The number of benzene rings is 1. The van der Waals surface area contributed by atoms with Gasteiger partial charge in [0.25, 0.3) is 0 Å². The Kier molecular flexibility index (Phi) is 5.70. The number of fused-ring (bicyclic) bond motifs is 2. The molecule has 0 aliphatic heterocycles. The Morgan fingerprint density at radius 2 is 1.92 bits per heavy atom. The number of carbonyl (C=O) groups excluding carboxylic acids is 2. The average Bonchev–Trinajstić information content (AvgIpc) is 2.96. The van der Waals surface area contributed by atoms with Crippen LogP contribution in [0.4, 0.5) is 4.79 Å². The van der Waals surface area contributed by atoms with Crippen LogP contribution in [0.25, 0.3) is 11.0 Å². The van der Waals surface area contributed by atoms with Crippen molar-refractivity contribution in [3.63, 3.8) is 0 Å². The molecule has 0 fully saturated rings. The maximum atomic E-state index is 11.9. The number of imide groups is 1. The highest BCUT2D eigenvalue weighted by Crippen LogP contribution is 2.30. The van der Waals surface area contributed by atoms with Crippen molar-refractivity contribution in [3.8, 4) is 0 Å². The van der Waals surface area contributed by atoms with Gasteiger partial charge in [-0.1, -0.05) is 20.8 Å². The van der Waals surface area contributed by atoms with E-state index in [1.807, 2.05) is 13.8 Å². The number of carbonyl (C=O) groups is 2. The number of H-pyrrole nitrogens is 1. The fourth-order valence-corrected chi connectivity index (χ4v) is 3.18. The molecule has 0 spiro atoms. The average molecular weight is 332 g/mol. The molecule has 0 saturated carbocycles. The largest absolute Gasteiger partial charge is 0.324 e. The Bertz CT molecular complexity index is 729. The van der Waals surface area contributed by atoms with Crippen molar-refractivity contribution in [1.82, 2.24) is 20.0 Å². The summed E-state index contributed by atoms with van der Waals surface area (Å²) in [6.45, 7) is 8.51. The summed E-state index contributed by atoms with van der Waals surface area (Å²) in [5, 5.41) is 5.68. The molecule has 1 aromatic heterocycles. The SMILES string of the molecule is CC.CCCn1[nH]c2cc3c(cc21)CC(N(C)C(=O)NC(C)=O)C3. The number of aromatic amines is 1. The van der Waals surface area contributed by atoms with Crippen LogP contribution in [0.2, 0.25) is 0 Å². The van der Waals surface area contributed by atoms with Gasteiger partial charge in [-0.15, -0.1) is 0 Å². The van der Waals surface area contributed by atoms with E-state index in [0.29, 0.717) is 0 Å². The molecule has 1 aliphatic carbocycles. The predicted molar refractivity (Wildman–Crippen MR) is 96.1 cm³/mol. The molecule has 1 atom stereocenters. The van der Waals surface area contributed by atoms with Gasteiger partial charge in [-0.2, -0.15) is 0 Å². The number of aryl methyl sites for hydroxylation is 1. The van der Waals surface area contributed by atoms with Crippen LogP contribution in [0, 0.1) is 0 Å². The quantitative estimate of drug-likeness (QED) is 0.907. The molecule has 1 aromatic carbocycles. The van der Waals surface area contributed by atoms with E-state index < -0.39 is 0 Å². The molecule has 3 amide bonds. The second kappa shape index (κ2) is 7.55. The van der Waals surface area contributed by atoms with Gasteiger partial charge < -0.3 is 4.90 Å². The highest BCUT2D eigenvalue weighted by atomic mass is 16.2. The van der Waals surface area contributed by atoms with Crippen molar-refractivity contribution in [2.45, 2.75) is 59.5 Å². The number of hydrogen-bond acceptors (Lipinski definition) is 2. The molecule has 1 heterocycles. The van der Waals surface area contributed by atoms with E-state index in [9.17, 15) is 9.59 Å². The molecule has 0 saturated heterocycles. The van der Waals surface area contributed by atoms with Crippen LogP contribution >= 0.6 is 0 Å². The van der Waals surface area contributed by atoms with E-state index in [-0.39, 0.29) is 18.0 Å². The summed E-state index contributed by atoms with van der Waals surface area (Å²) in [6.07, 6.45) is 2.77. The van der Waals surface area contributed by atoms with Crippen LogP contribution in [0.15, 0.2) is 12.1 Å². The van der Waals surface area contributed by atoms with Gasteiger partial charge >= 0.3 is 6.03 Å². The lowest BCUT2D eigenvalue weighted by molar-refractivity contribution is -0.118. The molecule has 24 heavy (non-hydrogen) atoms. The van der Waals surface area contributed by atoms with Crippen LogP contribution in [0.1, 0.15) is 45.2 Å². The zero-order chi connectivity index (χ0) is 17.9. The summed E-state index contributed by atoms with van der Waals surface area (Å²) in [7, 11) is 1.75. The predicted octanol–water partition coefficient (Wildman–Crippen LogP) is 3.06. The lowest BCUT2D eigenvalue weighted by atomic mass is 10.1. The third kappa shape index (κ3) is 3.47. The van der Waals surface area contributed by atoms with Gasteiger partial charge in [0.15, 0.2) is 0 Å². The van der Waals surface area contributed by atoms with E-state index in [2.05, 4.69) is 34.2 Å². The Balaban J connectivity index is 0.00000100. The Labute approximate surface area is 143 Å². The number of urea groups is 1. The van der Waals surface area contributed by atoms with Gasteiger partial charge in [-0.25, -0.2) is 4.79 Å². The van der Waals surface area contributed by atoms with E-state index in [4.69, 9.17) is 0 Å². The summed E-state index contributed by atoms with van der Waals surface area (Å²) >= 11 is 0. The minimum Gasteiger partial charge on any atom is -0.324 e. The minimum absolute atomic E-state index is 0.107. The van der Waals surface area contributed by atoms with Gasteiger partial charge in [0.1, 0.15) is 0 Å². The molecule has 132 valence electrons. The first kappa shape index (κ1) is 18.1. The standard InChI is InChI=1S/C16H22N4O2.C2H6/c1-4-5-20-15-9-12-7-13(6-11(12)8-14(15)18-20)19(3)16(22)17-10(2)21;1-2/h8-9,13,18H,4-7H2,1-3H3,(H,17,21,22);1-2H3. The number of rotatable bonds is 3. The Morgan fingerprint density at radius 3 is 2.50 bits per heavy atom. The third-order valence-electron chi connectivity index (χ3n) is 4.37. The third-order valence-corrected chi connectivity index (χ3v) is 4.37. The molecule has 1 unspecified atom stereocenters. The Morgan fingerprint density at radius 1 is 1.29 bits per heavy atom. The molecule has 6 heteroatoms. The van der Waals surface area contributed by atoms with Gasteiger partial charge in [0.2, 0.25) is 5.91 Å². The summed E-state index contributed by atoms with van der Waals surface area (Å²) in [4.78, 5) is 24.6. The van der Waals surface area contributed by atoms with Crippen molar-refractivity contribution in [3.05, 3.63) is 23.3 Å². The smallest absolute Gasteiger partial charge is 0.324 e. The van der Waals surface area contributed by atoms with Crippen LogP contribution in [-0.4, -0.2) is 39.7 Å². The Hall–Kier alpha value is -2.24. The summed E-state index contributed by atoms with van der Waals surface area (Å²) < 4.78 is 2.16. The van der Waals surface area contributed by atoms with Crippen molar-refractivity contribution in [2.24, 2.45) is 0 Å². The second-order valence-corrected chi connectivity index (χ2v) is 6.06. The first-order chi connectivity index (χ1) is 11.5. The maximum Gasteiger partial charge on any atom is 0.324 e. The number of nitrogens with zero attached hydrogens (tertiary/aromatic N) is 2. The van der Waals surface area contributed by atoms with Gasteiger partial charge in [0.05, 0.1) is 11.0 Å². The lowest BCUT2D eigenvalue weighted by Crippen LogP contribution is -2.45. The van der Waals surface area contributed by atoms with Crippen LogP contribution in [0.3, 0.4) is 0 Å². The molecular weight excluding hydrogens is 304 g/mol. The molecule has 2 N–H and O–H groups in total. The van der Waals surface area contributed by atoms with Crippen LogP contribution < -0.4 is 5.32 Å². The first-order valence-corrected chi connectivity index (χ1v) is 8.74. The molecule has 2 aromatic rings. The summed E-state index contributed by atoms with van der Waals surface area (Å²) in [5.74, 6) is -0.325. The minimum atomic E-state index is -0.327.